The number of carboxylic acid groups (broad SMARTS) is 1. The van der Waals surface area contributed by atoms with Crippen molar-refractivity contribution in [3.8, 4) is 0 Å². The number of sulfonamides is 1. The van der Waals surface area contributed by atoms with E-state index in [-0.39, 0.29) is 10.5 Å². The highest BCUT2D eigenvalue weighted by atomic mass is 32.2. The van der Waals surface area contributed by atoms with E-state index in [1.165, 1.54) is 12.1 Å². The van der Waals surface area contributed by atoms with Crippen molar-refractivity contribution in [2.45, 2.75) is 25.2 Å². The van der Waals surface area contributed by atoms with Gasteiger partial charge < -0.3 is 10.4 Å². The minimum absolute atomic E-state index is 0.0522. The number of anilines is 1. The number of aromatic carboxylic acids is 1. The fourth-order valence-corrected chi connectivity index (χ4v) is 2.93. The fraction of sp³-hybridized carbons (Fsp3) is 0.462. The molecule has 0 saturated carbocycles. The third-order valence-corrected chi connectivity index (χ3v) is 4.30. The average molecular weight is 300 g/mol. The van der Waals surface area contributed by atoms with Crippen molar-refractivity contribution in [2.24, 2.45) is 5.92 Å². The summed E-state index contributed by atoms with van der Waals surface area (Å²) >= 11 is 0. The van der Waals surface area contributed by atoms with Gasteiger partial charge >= 0.3 is 5.97 Å². The van der Waals surface area contributed by atoms with E-state index in [0.29, 0.717) is 24.6 Å². The van der Waals surface area contributed by atoms with Crippen LogP contribution < -0.4 is 10.0 Å². The summed E-state index contributed by atoms with van der Waals surface area (Å²) in [6.45, 7) is 4.32. The number of hydrogen-bond acceptors (Lipinski definition) is 4. The summed E-state index contributed by atoms with van der Waals surface area (Å²) in [5.74, 6) is -0.780. The Balaban J connectivity index is 3.08. The van der Waals surface area contributed by atoms with Gasteiger partial charge in [-0.1, -0.05) is 13.8 Å². The van der Waals surface area contributed by atoms with Gasteiger partial charge in [0.25, 0.3) is 0 Å². The van der Waals surface area contributed by atoms with Crippen molar-refractivity contribution in [2.75, 3.05) is 18.9 Å². The van der Waals surface area contributed by atoms with Crippen LogP contribution in [0.2, 0.25) is 0 Å². The minimum atomic E-state index is -3.73. The molecule has 20 heavy (non-hydrogen) atoms. The molecule has 1 aromatic rings. The van der Waals surface area contributed by atoms with Gasteiger partial charge in [0, 0.05) is 13.6 Å². The van der Waals surface area contributed by atoms with Crippen molar-refractivity contribution >= 4 is 21.7 Å². The molecule has 0 radical (unpaired) electrons. The highest BCUT2D eigenvalue weighted by molar-refractivity contribution is 7.89. The number of carboxylic acids is 1. The topological polar surface area (TPSA) is 95.5 Å². The summed E-state index contributed by atoms with van der Waals surface area (Å²) in [4.78, 5) is 10.9. The zero-order valence-electron chi connectivity index (χ0n) is 11.8. The first kappa shape index (κ1) is 16.5. The van der Waals surface area contributed by atoms with E-state index >= 15 is 0 Å². The Labute approximate surface area is 119 Å². The summed E-state index contributed by atoms with van der Waals surface area (Å²) in [5, 5.41) is 11.7. The summed E-state index contributed by atoms with van der Waals surface area (Å²) in [5.41, 5.74) is 0.306. The Kier molecular flexibility index (Phi) is 5.52. The average Bonchev–Trinajstić information content (AvgIpc) is 2.37. The molecule has 0 aliphatic rings. The Hall–Kier alpha value is -1.60. The number of hydrogen-bond donors (Lipinski definition) is 3. The Morgan fingerprint density at radius 1 is 1.35 bits per heavy atom. The number of nitrogens with one attached hydrogen (secondary N) is 2. The van der Waals surface area contributed by atoms with Gasteiger partial charge in [-0.2, -0.15) is 0 Å². The second-order valence-electron chi connectivity index (χ2n) is 4.85. The zero-order chi connectivity index (χ0) is 15.3. The van der Waals surface area contributed by atoms with E-state index in [0.717, 1.165) is 6.07 Å². The predicted octanol–water partition coefficient (Wildman–Crippen LogP) is 1.75. The van der Waals surface area contributed by atoms with Gasteiger partial charge in [-0.05, 0) is 30.5 Å². The smallest absolute Gasteiger partial charge is 0.335 e. The third kappa shape index (κ3) is 4.21. The molecule has 0 spiro atoms. The van der Waals surface area contributed by atoms with E-state index in [1.54, 1.807) is 7.05 Å². The molecule has 1 rings (SSSR count). The molecule has 0 unspecified atom stereocenters. The van der Waals surface area contributed by atoms with E-state index < -0.39 is 16.0 Å². The van der Waals surface area contributed by atoms with Crippen LogP contribution in [0.1, 0.15) is 30.6 Å². The molecule has 0 bridgehead atoms. The molecule has 3 N–H and O–H groups in total. The van der Waals surface area contributed by atoms with E-state index in [1.807, 2.05) is 13.8 Å². The van der Waals surface area contributed by atoms with Crippen LogP contribution in [0.4, 0.5) is 5.69 Å². The lowest BCUT2D eigenvalue weighted by Gasteiger charge is -2.12. The molecular formula is C13H20N2O4S. The standard InChI is InChI=1S/C13H20N2O4S/c1-9(2)6-7-15-20(18,19)12-8-10(13(16)17)4-5-11(12)14-3/h4-5,8-9,14-15H,6-7H2,1-3H3,(H,16,17). The Bertz CT molecular complexity index is 582. The van der Waals surface area contributed by atoms with Gasteiger partial charge in [-0.15, -0.1) is 0 Å². The lowest BCUT2D eigenvalue weighted by atomic mass is 10.1. The first-order chi connectivity index (χ1) is 9.27. The SMILES string of the molecule is CNc1ccc(C(=O)O)cc1S(=O)(=O)NCCC(C)C. The molecule has 0 amide bonds. The highest BCUT2D eigenvalue weighted by Gasteiger charge is 2.20. The first-order valence-corrected chi connectivity index (χ1v) is 7.81. The van der Waals surface area contributed by atoms with E-state index in [9.17, 15) is 13.2 Å². The monoisotopic (exact) mass is 300 g/mol. The van der Waals surface area contributed by atoms with Gasteiger partial charge in [0.2, 0.25) is 10.0 Å². The van der Waals surface area contributed by atoms with Gasteiger partial charge in [-0.25, -0.2) is 17.9 Å². The molecular weight excluding hydrogens is 280 g/mol. The molecule has 0 atom stereocenters. The van der Waals surface area contributed by atoms with Crippen LogP contribution in [-0.4, -0.2) is 33.1 Å². The molecule has 0 heterocycles. The lowest BCUT2D eigenvalue weighted by molar-refractivity contribution is 0.0696. The van der Waals surface area contributed by atoms with Crippen LogP contribution >= 0.6 is 0 Å². The number of benzene rings is 1. The predicted molar refractivity (Wildman–Crippen MR) is 77.6 cm³/mol. The molecule has 7 heteroatoms. The molecule has 112 valence electrons. The van der Waals surface area contributed by atoms with Crippen molar-refractivity contribution < 1.29 is 18.3 Å². The van der Waals surface area contributed by atoms with Crippen LogP contribution in [0.25, 0.3) is 0 Å². The van der Waals surface area contributed by atoms with Crippen LogP contribution in [0.5, 0.6) is 0 Å². The maximum atomic E-state index is 12.2. The quantitative estimate of drug-likeness (QED) is 0.713. The maximum Gasteiger partial charge on any atom is 0.335 e. The summed E-state index contributed by atoms with van der Waals surface area (Å²) in [7, 11) is -2.14. The van der Waals surface area contributed by atoms with Gasteiger partial charge in [0.15, 0.2) is 0 Å². The van der Waals surface area contributed by atoms with Gasteiger partial charge in [0.05, 0.1) is 11.3 Å². The third-order valence-electron chi connectivity index (χ3n) is 2.80. The van der Waals surface area contributed by atoms with Crippen molar-refractivity contribution in [3.05, 3.63) is 23.8 Å². The molecule has 6 nitrogen and oxygen atoms in total. The largest absolute Gasteiger partial charge is 0.478 e. The highest BCUT2D eigenvalue weighted by Crippen LogP contribution is 2.22. The van der Waals surface area contributed by atoms with Crippen LogP contribution in [0, 0.1) is 5.92 Å². The molecule has 0 aliphatic heterocycles. The van der Waals surface area contributed by atoms with E-state index in [2.05, 4.69) is 10.0 Å². The molecule has 0 aliphatic carbocycles. The fourth-order valence-electron chi connectivity index (χ4n) is 1.64. The zero-order valence-corrected chi connectivity index (χ0v) is 12.6. The summed E-state index contributed by atoms with van der Waals surface area (Å²) in [6.07, 6.45) is 0.715. The Morgan fingerprint density at radius 2 is 2.00 bits per heavy atom. The number of carbonyl (C=O) groups is 1. The lowest BCUT2D eigenvalue weighted by Crippen LogP contribution is -2.26. The molecule has 0 fully saturated rings. The van der Waals surface area contributed by atoms with E-state index in [4.69, 9.17) is 5.11 Å². The van der Waals surface area contributed by atoms with Crippen LogP contribution in [-0.2, 0) is 10.0 Å². The molecule has 0 aromatic heterocycles. The van der Waals surface area contributed by atoms with Crippen LogP contribution in [0.15, 0.2) is 23.1 Å². The summed E-state index contributed by atoms with van der Waals surface area (Å²) in [6, 6.07) is 3.97. The van der Waals surface area contributed by atoms with Crippen molar-refractivity contribution in [1.82, 2.24) is 4.72 Å². The second-order valence-corrected chi connectivity index (χ2v) is 6.58. The molecule has 0 saturated heterocycles. The normalized spacial score (nSPS) is 11.6. The maximum absolute atomic E-state index is 12.2. The van der Waals surface area contributed by atoms with Crippen LogP contribution in [0.3, 0.4) is 0 Å². The summed E-state index contributed by atoms with van der Waals surface area (Å²) < 4.78 is 26.9. The number of rotatable bonds is 7. The van der Waals surface area contributed by atoms with Gasteiger partial charge in [-0.3, -0.25) is 0 Å². The Morgan fingerprint density at radius 3 is 2.50 bits per heavy atom. The van der Waals surface area contributed by atoms with Gasteiger partial charge in [0.1, 0.15) is 4.90 Å². The second kappa shape index (κ2) is 6.71. The minimum Gasteiger partial charge on any atom is -0.478 e. The van der Waals surface area contributed by atoms with Crippen molar-refractivity contribution in [1.29, 1.82) is 0 Å². The molecule has 1 aromatic carbocycles. The first-order valence-electron chi connectivity index (χ1n) is 6.32. The van der Waals surface area contributed by atoms with Crippen molar-refractivity contribution in [3.63, 3.8) is 0 Å².